The Kier molecular flexibility index (Phi) is 4.39. The van der Waals surface area contributed by atoms with Crippen molar-refractivity contribution in [1.29, 1.82) is 0 Å². The van der Waals surface area contributed by atoms with Gasteiger partial charge in [0.25, 0.3) is 0 Å². The Labute approximate surface area is 134 Å². The molecular formula is C14H15F4N5O. The van der Waals surface area contributed by atoms with E-state index in [1.807, 2.05) is 0 Å². The number of alkyl halides is 3. The Morgan fingerprint density at radius 1 is 1.29 bits per heavy atom. The molecule has 0 spiro atoms. The highest BCUT2D eigenvalue weighted by molar-refractivity contribution is 5.23. The van der Waals surface area contributed by atoms with Gasteiger partial charge in [-0.25, -0.2) is 4.39 Å². The van der Waals surface area contributed by atoms with Gasteiger partial charge in [0.1, 0.15) is 6.61 Å². The molecule has 1 aliphatic rings. The highest BCUT2D eigenvalue weighted by Gasteiger charge is 2.60. The molecule has 0 amide bonds. The van der Waals surface area contributed by atoms with Gasteiger partial charge in [-0.15, -0.1) is 10.2 Å². The summed E-state index contributed by atoms with van der Waals surface area (Å²) in [5, 5.41) is 13.5. The van der Waals surface area contributed by atoms with E-state index in [1.165, 1.54) is 18.2 Å². The lowest BCUT2D eigenvalue weighted by atomic mass is 9.96. The van der Waals surface area contributed by atoms with Crippen molar-refractivity contribution in [2.45, 2.75) is 31.1 Å². The molecule has 2 aromatic rings. The molecule has 1 fully saturated rings. The second-order valence-corrected chi connectivity index (χ2v) is 5.42. The molecule has 0 bridgehead atoms. The van der Waals surface area contributed by atoms with Crippen LogP contribution in [0.15, 0.2) is 24.3 Å². The van der Waals surface area contributed by atoms with Crippen molar-refractivity contribution in [1.82, 2.24) is 25.5 Å². The van der Waals surface area contributed by atoms with Crippen molar-refractivity contribution in [3.63, 3.8) is 0 Å². The predicted molar refractivity (Wildman–Crippen MR) is 74.7 cm³/mol. The van der Waals surface area contributed by atoms with Gasteiger partial charge in [-0.3, -0.25) is 5.32 Å². The number of aromatic nitrogens is 4. The maximum Gasteiger partial charge on any atom is 0.414 e. The summed E-state index contributed by atoms with van der Waals surface area (Å²) in [6.07, 6.45) is -4.26. The molecule has 0 radical (unpaired) electrons. The van der Waals surface area contributed by atoms with Crippen LogP contribution in [0.1, 0.15) is 18.7 Å². The topological polar surface area (TPSA) is 64.9 Å². The number of para-hydroxylation sites is 1. The van der Waals surface area contributed by atoms with E-state index in [9.17, 15) is 17.6 Å². The molecule has 0 aliphatic carbocycles. The van der Waals surface area contributed by atoms with E-state index >= 15 is 0 Å². The highest BCUT2D eigenvalue weighted by Crippen LogP contribution is 2.43. The van der Waals surface area contributed by atoms with Crippen LogP contribution in [0.2, 0.25) is 0 Å². The lowest BCUT2D eigenvalue weighted by molar-refractivity contribution is -0.198. The average Bonchev–Trinajstić information content (AvgIpc) is 3.17. The number of nitrogens with one attached hydrogen (secondary N) is 1. The van der Waals surface area contributed by atoms with Crippen molar-refractivity contribution in [3.05, 3.63) is 35.9 Å². The Morgan fingerprint density at radius 2 is 2.08 bits per heavy atom. The first-order chi connectivity index (χ1) is 11.4. The van der Waals surface area contributed by atoms with Crippen molar-refractivity contribution in [2.75, 3.05) is 13.2 Å². The van der Waals surface area contributed by atoms with E-state index < -0.39 is 23.4 Å². The van der Waals surface area contributed by atoms with E-state index in [-0.39, 0.29) is 31.9 Å². The van der Waals surface area contributed by atoms with Crippen molar-refractivity contribution in [2.24, 2.45) is 0 Å². The zero-order chi connectivity index (χ0) is 17.2. The number of nitrogens with zero attached hydrogens (tertiary/aromatic N) is 4. The molecule has 130 valence electrons. The van der Waals surface area contributed by atoms with E-state index in [2.05, 4.69) is 20.7 Å². The fourth-order valence-corrected chi connectivity index (χ4v) is 2.61. The number of tetrazole rings is 1. The molecule has 24 heavy (non-hydrogen) atoms. The van der Waals surface area contributed by atoms with Gasteiger partial charge < -0.3 is 4.74 Å². The monoisotopic (exact) mass is 345 g/mol. The summed E-state index contributed by atoms with van der Waals surface area (Å²) >= 11 is 0. The van der Waals surface area contributed by atoms with E-state index in [1.54, 1.807) is 6.07 Å². The standard InChI is InChI=1S/C14H15F4N5O/c15-10-4-1-2-5-11(10)24-9-8-23-21-12(20-22-23)13(14(16,17)18)6-3-7-19-13/h1-2,4-5,19H,3,6-9H2/t13-/m1/s1. The highest BCUT2D eigenvalue weighted by atomic mass is 19.4. The minimum absolute atomic E-state index is 0.00315. The molecule has 0 saturated carbocycles. The van der Waals surface area contributed by atoms with Crippen LogP contribution in [-0.4, -0.2) is 39.5 Å². The SMILES string of the molecule is Fc1ccccc1OCCn1nnc([C@@]2(C(F)(F)F)CCCN2)n1. The maximum absolute atomic E-state index is 13.4. The van der Waals surface area contributed by atoms with Crippen LogP contribution in [0.5, 0.6) is 5.75 Å². The number of ether oxygens (including phenoxy) is 1. The lowest BCUT2D eigenvalue weighted by Crippen LogP contribution is -2.50. The van der Waals surface area contributed by atoms with Crippen molar-refractivity contribution in [3.8, 4) is 5.75 Å². The molecule has 1 aromatic carbocycles. The van der Waals surface area contributed by atoms with Gasteiger partial charge in [0.15, 0.2) is 17.1 Å². The summed E-state index contributed by atoms with van der Waals surface area (Å²) in [5.74, 6) is -0.864. The fourth-order valence-electron chi connectivity index (χ4n) is 2.61. The summed E-state index contributed by atoms with van der Waals surface area (Å²) in [6.45, 7) is 0.295. The third kappa shape index (κ3) is 3.05. The third-order valence-electron chi connectivity index (χ3n) is 3.86. The average molecular weight is 345 g/mol. The van der Waals surface area contributed by atoms with Crippen molar-refractivity contribution >= 4 is 0 Å². The quantitative estimate of drug-likeness (QED) is 0.840. The van der Waals surface area contributed by atoms with Gasteiger partial charge in [0, 0.05) is 0 Å². The maximum atomic E-state index is 13.4. The Morgan fingerprint density at radius 3 is 2.75 bits per heavy atom. The first kappa shape index (κ1) is 16.6. The fraction of sp³-hybridized carbons (Fsp3) is 0.500. The number of halogens is 4. The van der Waals surface area contributed by atoms with Gasteiger partial charge in [-0.05, 0) is 36.7 Å². The Hall–Kier alpha value is -2.23. The normalized spacial score (nSPS) is 21.2. The first-order valence-electron chi connectivity index (χ1n) is 7.40. The van der Waals surface area contributed by atoms with Gasteiger partial charge in [0.2, 0.25) is 5.82 Å². The summed E-state index contributed by atoms with van der Waals surface area (Å²) in [5.41, 5.74) is -2.25. The van der Waals surface area contributed by atoms with Crippen molar-refractivity contribution < 1.29 is 22.3 Å². The first-order valence-corrected chi connectivity index (χ1v) is 7.40. The van der Waals surface area contributed by atoms with Crippen LogP contribution >= 0.6 is 0 Å². The van der Waals surface area contributed by atoms with Crippen LogP contribution in [0.3, 0.4) is 0 Å². The molecule has 1 N–H and O–H groups in total. The summed E-state index contributed by atoms with van der Waals surface area (Å²) in [4.78, 5) is 1.02. The van der Waals surface area contributed by atoms with Crippen LogP contribution in [-0.2, 0) is 12.1 Å². The van der Waals surface area contributed by atoms with Gasteiger partial charge in [-0.1, -0.05) is 12.1 Å². The minimum Gasteiger partial charge on any atom is -0.489 e. The molecule has 1 aliphatic heterocycles. The predicted octanol–water partition coefficient (Wildman–Crippen LogP) is 2.03. The van der Waals surface area contributed by atoms with E-state index in [4.69, 9.17) is 4.74 Å². The number of hydrogen-bond donors (Lipinski definition) is 1. The molecular weight excluding hydrogens is 330 g/mol. The second-order valence-electron chi connectivity index (χ2n) is 5.42. The summed E-state index contributed by atoms with van der Waals surface area (Å²) in [6, 6.07) is 5.85. The number of hydrogen-bond acceptors (Lipinski definition) is 5. The summed E-state index contributed by atoms with van der Waals surface area (Å²) < 4.78 is 58.8. The van der Waals surface area contributed by atoms with E-state index in [0.29, 0.717) is 6.42 Å². The van der Waals surface area contributed by atoms with Crippen LogP contribution in [0.4, 0.5) is 17.6 Å². The van der Waals surface area contributed by atoms with Crippen LogP contribution < -0.4 is 10.1 Å². The van der Waals surface area contributed by atoms with Gasteiger partial charge >= 0.3 is 6.18 Å². The zero-order valence-corrected chi connectivity index (χ0v) is 12.6. The molecule has 6 nitrogen and oxygen atoms in total. The molecule has 3 rings (SSSR count). The molecule has 1 saturated heterocycles. The molecule has 1 aromatic heterocycles. The largest absolute Gasteiger partial charge is 0.489 e. The molecule has 2 heterocycles. The zero-order valence-electron chi connectivity index (χ0n) is 12.6. The number of benzene rings is 1. The number of rotatable bonds is 5. The third-order valence-corrected chi connectivity index (χ3v) is 3.86. The molecule has 0 unspecified atom stereocenters. The Bertz CT molecular complexity index is 696. The lowest BCUT2D eigenvalue weighted by Gasteiger charge is -2.28. The van der Waals surface area contributed by atoms with Crippen LogP contribution in [0.25, 0.3) is 0 Å². The summed E-state index contributed by atoms with van der Waals surface area (Å²) in [7, 11) is 0. The van der Waals surface area contributed by atoms with E-state index in [0.717, 1.165) is 4.80 Å². The molecule has 1 atom stereocenters. The molecule has 10 heteroatoms. The Balaban J connectivity index is 1.66. The van der Waals surface area contributed by atoms with Gasteiger partial charge in [0.05, 0.1) is 6.54 Å². The second kappa shape index (κ2) is 6.34. The van der Waals surface area contributed by atoms with Crippen LogP contribution in [0, 0.1) is 5.82 Å². The smallest absolute Gasteiger partial charge is 0.414 e. The van der Waals surface area contributed by atoms with Gasteiger partial charge in [-0.2, -0.15) is 18.0 Å². The minimum atomic E-state index is -4.51.